The van der Waals surface area contributed by atoms with E-state index in [9.17, 15) is 14.4 Å². The van der Waals surface area contributed by atoms with E-state index in [0.29, 0.717) is 35.4 Å². The van der Waals surface area contributed by atoms with Crippen LogP contribution in [0.25, 0.3) is 11.1 Å². The van der Waals surface area contributed by atoms with Crippen LogP contribution in [-0.4, -0.2) is 47.3 Å². The van der Waals surface area contributed by atoms with Crippen molar-refractivity contribution in [1.82, 2.24) is 15.6 Å². The van der Waals surface area contributed by atoms with Crippen LogP contribution in [0.5, 0.6) is 0 Å². The molecule has 0 aliphatic heterocycles. The zero-order chi connectivity index (χ0) is 28.3. The molecule has 212 valence electrons. The third-order valence-corrected chi connectivity index (χ3v) is 7.25. The molecule has 2 amide bonds. The number of aromatic nitrogens is 1. The summed E-state index contributed by atoms with van der Waals surface area (Å²) in [5.74, 6) is -0.0345. The number of fused-ring (bicyclic) bond motifs is 1. The van der Waals surface area contributed by atoms with E-state index in [1.54, 1.807) is 19.1 Å². The number of hydrogen-bond donors (Lipinski definition) is 2. The zero-order valence-corrected chi connectivity index (χ0v) is 23.2. The van der Waals surface area contributed by atoms with E-state index in [1.165, 1.54) is 19.3 Å². The van der Waals surface area contributed by atoms with Gasteiger partial charge in [0, 0.05) is 5.56 Å². The van der Waals surface area contributed by atoms with Gasteiger partial charge >= 0.3 is 6.09 Å². The maximum atomic E-state index is 13.7. The summed E-state index contributed by atoms with van der Waals surface area (Å²) in [6, 6.07) is 14.7. The molecule has 9 nitrogen and oxygen atoms in total. The molecule has 1 heterocycles. The summed E-state index contributed by atoms with van der Waals surface area (Å²) >= 11 is 0. The highest BCUT2D eigenvalue weighted by atomic mass is 16.5. The first kappa shape index (κ1) is 29.0. The SMILES string of the molecule is CCOC(=O)NC(=N[C@@H](CCC1CCCCC1)C(=O)N[C@@H](CC)C(=O)c1nc2ccccc2o1)c1ccccc1. The van der Waals surface area contributed by atoms with Crippen molar-refractivity contribution in [2.24, 2.45) is 10.9 Å². The Hall–Kier alpha value is -4.01. The van der Waals surface area contributed by atoms with Crippen molar-refractivity contribution >= 4 is 34.7 Å². The largest absolute Gasteiger partial charge is 0.450 e. The molecule has 2 N–H and O–H groups in total. The average molecular weight is 547 g/mol. The highest BCUT2D eigenvalue weighted by Gasteiger charge is 2.29. The van der Waals surface area contributed by atoms with Crippen LogP contribution in [-0.2, 0) is 9.53 Å². The molecule has 40 heavy (non-hydrogen) atoms. The first-order valence-corrected chi connectivity index (χ1v) is 14.3. The Morgan fingerprint density at radius 2 is 1.75 bits per heavy atom. The van der Waals surface area contributed by atoms with Crippen molar-refractivity contribution in [3.05, 3.63) is 66.1 Å². The number of carbonyl (C=O) groups excluding carboxylic acids is 3. The van der Waals surface area contributed by atoms with E-state index in [-0.39, 0.29) is 24.2 Å². The van der Waals surface area contributed by atoms with Gasteiger partial charge in [-0.1, -0.05) is 81.5 Å². The number of amidine groups is 1. The second-order valence-electron chi connectivity index (χ2n) is 10.1. The average Bonchev–Trinajstić information content (AvgIpc) is 3.42. The van der Waals surface area contributed by atoms with E-state index >= 15 is 0 Å². The Labute approximate surface area is 234 Å². The molecular weight excluding hydrogens is 508 g/mol. The first-order valence-electron chi connectivity index (χ1n) is 14.3. The maximum absolute atomic E-state index is 13.7. The molecule has 1 aromatic heterocycles. The quantitative estimate of drug-likeness (QED) is 0.177. The van der Waals surface area contributed by atoms with Crippen molar-refractivity contribution in [2.75, 3.05) is 6.61 Å². The molecule has 2 aromatic carbocycles. The van der Waals surface area contributed by atoms with Crippen LogP contribution in [0.4, 0.5) is 4.79 Å². The third-order valence-electron chi connectivity index (χ3n) is 7.25. The molecule has 0 unspecified atom stereocenters. The molecule has 1 aliphatic rings. The minimum absolute atomic E-state index is 0.0374. The Kier molecular flexibility index (Phi) is 10.4. The number of amides is 2. The molecule has 3 aromatic rings. The normalized spacial score (nSPS) is 15.8. The van der Waals surface area contributed by atoms with Gasteiger partial charge in [0.05, 0.1) is 12.6 Å². The summed E-state index contributed by atoms with van der Waals surface area (Å²) in [6.07, 6.45) is 6.95. The number of ether oxygens (including phenoxy) is 1. The lowest BCUT2D eigenvalue weighted by Gasteiger charge is -2.24. The molecule has 9 heteroatoms. The number of oxazole rings is 1. The van der Waals surface area contributed by atoms with Crippen LogP contribution in [0.3, 0.4) is 0 Å². The standard InChI is InChI=1S/C31H38N4O5/c1-3-23(27(36)30-34-24-17-11-12-18-26(24)40-30)33-29(37)25(20-19-21-13-7-5-8-14-21)32-28(35-31(38)39-4-2)22-15-9-6-10-16-22/h6,9-12,15-18,21,23,25H,3-5,7-8,13-14,19-20H2,1-2H3,(H,33,37)(H,32,35,38)/t23-,25-/m0/s1. The lowest BCUT2D eigenvalue weighted by Crippen LogP contribution is -2.46. The predicted octanol–water partition coefficient (Wildman–Crippen LogP) is 5.83. The lowest BCUT2D eigenvalue weighted by atomic mass is 9.85. The minimum atomic E-state index is -0.828. The number of nitrogens with one attached hydrogen (secondary N) is 2. The number of para-hydroxylation sites is 2. The monoisotopic (exact) mass is 546 g/mol. The van der Waals surface area contributed by atoms with Gasteiger partial charge in [0.1, 0.15) is 17.4 Å². The highest BCUT2D eigenvalue weighted by Crippen LogP contribution is 2.28. The molecule has 0 radical (unpaired) electrons. The van der Waals surface area contributed by atoms with Gasteiger partial charge in [0.25, 0.3) is 5.89 Å². The number of Topliss-reactive ketones (excluding diaryl/α,β-unsaturated/α-hetero) is 1. The van der Waals surface area contributed by atoms with E-state index in [2.05, 4.69) is 15.6 Å². The molecular formula is C31H38N4O5. The number of benzene rings is 2. The van der Waals surface area contributed by atoms with Crippen molar-refractivity contribution in [3.8, 4) is 0 Å². The van der Waals surface area contributed by atoms with Gasteiger partial charge in [-0.2, -0.15) is 0 Å². The summed E-state index contributed by atoms with van der Waals surface area (Å²) in [5.41, 5.74) is 1.75. The predicted molar refractivity (Wildman–Crippen MR) is 153 cm³/mol. The molecule has 1 fully saturated rings. The number of rotatable bonds is 11. The van der Waals surface area contributed by atoms with Crippen molar-refractivity contribution in [1.29, 1.82) is 0 Å². The second-order valence-corrected chi connectivity index (χ2v) is 10.1. The molecule has 0 spiro atoms. The maximum Gasteiger partial charge on any atom is 0.412 e. The van der Waals surface area contributed by atoms with Crippen molar-refractivity contribution in [3.63, 3.8) is 0 Å². The molecule has 0 saturated heterocycles. The summed E-state index contributed by atoms with van der Waals surface area (Å²) in [4.78, 5) is 48.4. The summed E-state index contributed by atoms with van der Waals surface area (Å²) < 4.78 is 10.8. The summed E-state index contributed by atoms with van der Waals surface area (Å²) in [5, 5.41) is 5.60. The second kappa shape index (κ2) is 14.4. The summed E-state index contributed by atoms with van der Waals surface area (Å²) in [7, 11) is 0. The van der Waals surface area contributed by atoms with Crippen LogP contribution in [0.1, 0.15) is 81.5 Å². The van der Waals surface area contributed by atoms with E-state index in [1.807, 2.05) is 49.4 Å². The van der Waals surface area contributed by atoms with Crippen LogP contribution in [0.15, 0.2) is 64.0 Å². The molecule has 1 saturated carbocycles. The fourth-order valence-corrected chi connectivity index (χ4v) is 5.07. The van der Waals surface area contributed by atoms with Crippen molar-refractivity contribution < 1.29 is 23.5 Å². The molecule has 1 aliphatic carbocycles. The number of ketones is 1. The van der Waals surface area contributed by atoms with Gasteiger partial charge in [-0.3, -0.25) is 19.9 Å². The number of carbonyl (C=O) groups is 3. The van der Waals surface area contributed by atoms with Gasteiger partial charge in [-0.05, 0) is 44.2 Å². The minimum Gasteiger partial charge on any atom is -0.450 e. The number of alkyl carbamates (subject to hydrolysis) is 1. The fourth-order valence-electron chi connectivity index (χ4n) is 5.07. The van der Waals surface area contributed by atoms with Crippen LogP contribution in [0.2, 0.25) is 0 Å². The van der Waals surface area contributed by atoms with Crippen molar-refractivity contribution in [2.45, 2.75) is 77.3 Å². The zero-order valence-electron chi connectivity index (χ0n) is 23.2. The Bertz CT molecular complexity index is 1280. The van der Waals surface area contributed by atoms with Crippen LogP contribution in [0, 0.1) is 5.92 Å². The first-order chi connectivity index (χ1) is 19.5. The molecule has 0 bridgehead atoms. The van der Waals surface area contributed by atoms with Gasteiger partial charge in [-0.15, -0.1) is 0 Å². The number of nitrogens with zero attached hydrogens (tertiary/aromatic N) is 2. The van der Waals surface area contributed by atoms with Crippen LogP contribution < -0.4 is 10.6 Å². The molecule has 4 rings (SSSR count). The number of aliphatic imine (C=N–C) groups is 1. The third kappa shape index (κ3) is 7.77. The topological polar surface area (TPSA) is 123 Å². The van der Waals surface area contributed by atoms with Gasteiger partial charge in [0.15, 0.2) is 5.58 Å². The van der Waals surface area contributed by atoms with E-state index < -0.39 is 24.0 Å². The van der Waals surface area contributed by atoms with E-state index in [4.69, 9.17) is 14.1 Å². The van der Waals surface area contributed by atoms with E-state index in [0.717, 1.165) is 19.3 Å². The van der Waals surface area contributed by atoms with Gasteiger partial charge in [0.2, 0.25) is 11.7 Å². The Morgan fingerprint density at radius 1 is 1.02 bits per heavy atom. The summed E-state index contributed by atoms with van der Waals surface area (Å²) in [6.45, 7) is 3.75. The Balaban J connectivity index is 1.58. The smallest absolute Gasteiger partial charge is 0.412 e. The number of hydrogen-bond acceptors (Lipinski definition) is 7. The Morgan fingerprint density at radius 3 is 2.45 bits per heavy atom. The fraction of sp³-hybridized carbons (Fsp3) is 0.452. The molecule has 2 atom stereocenters. The van der Waals surface area contributed by atoms with Crippen LogP contribution >= 0.6 is 0 Å². The van der Waals surface area contributed by atoms with Gasteiger partial charge in [-0.25, -0.2) is 9.78 Å². The van der Waals surface area contributed by atoms with Gasteiger partial charge < -0.3 is 14.5 Å². The highest BCUT2D eigenvalue weighted by molar-refractivity contribution is 6.07. The lowest BCUT2D eigenvalue weighted by molar-refractivity contribution is -0.123.